The first-order chi connectivity index (χ1) is 9.08. The van der Waals surface area contributed by atoms with Crippen molar-refractivity contribution in [1.82, 2.24) is 9.90 Å². The first-order valence-electron chi connectivity index (χ1n) is 5.83. The molecule has 0 saturated carbocycles. The summed E-state index contributed by atoms with van der Waals surface area (Å²) in [6.45, 7) is 0.728. The molecule has 2 aromatic rings. The van der Waals surface area contributed by atoms with Gasteiger partial charge in [-0.3, -0.25) is 0 Å². The number of benzene rings is 1. The number of H-pyrrole nitrogens is 1. The van der Waals surface area contributed by atoms with Crippen molar-refractivity contribution in [2.75, 3.05) is 0 Å². The molecule has 0 aliphatic carbocycles. The summed E-state index contributed by atoms with van der Waals surface area (Å²) in [6.07, 6.45) is 1.60. The highest BCUT2D eigenvalue weighted by Gasteiger charge is 2.28. The van der Waals surface area contributed by atoms with E-state index < -0.39 is 5.97 Å². The van der Waals surface area contributed by atoms with Crippen molar-refractivity contribution in [3.05, 3.63) is 44.8 Å². The number of carboxylic acids is 1. The number of aromatic amines is 1. The van der Waals surface area contributed by atoms with Gasteiger partial charge in [0, 0.05) is 17.0 Å². The molecule has 1 N–H and O–H groups in total. The Kier molecular flexibility index (Phi) is 2.67. The molecular weight excluding hydrogens is 270 g/mol. The molecule has 0 radical (unpaired) electrons. The van der Waals surface area contributed by atoms with Gasteiger partial charge in [-0.05, 0) is 24.6 Å². The van der Waals surface area contributed by atoms with E-state index in [1.54, 1.807) is 4.68 Å². The molecule has 0 saturated heterocycles. The smallest absolute Gasteiger partial charge is 0.401 e. The third-order valence-corrected chi connectivity index (χ3v) is 3.45. The molecular formula is C12H10ClN3O3. The van der Waals surface area contributed by atoms with Crippen molar-refractivity contribution in [2.24, 2.45) is 0 Å². The molecule has 0 unspecified atom stereocenters. The summed E-state index contributed by atoms with van der Waals surface area (Å²) in [5, 5.41) is 14.3. The minimum absolute atomic E-state index is 0.116. The van der Waals surface area contributed by atoms with Crippen LogP contribution in [0.15, 0.2) is 23.0 Å². The number of nitrogens with one attached hydrogen (secondary N) is 1. The highest BCUT2D eigenvalue weighted by Crippen LogP contribution is 2.18. The maximum absolute atomic E-state index is 12.2. The number of aromatic carboxylic acids is 1. The number of carboxylic acid groups (broad SMARTS) is 1. The zero-order valence-electron chi connectivity index (χ0n) is 9.85. The fourth-order valence-electron chi connectivity index (χ4n) is 2.33. The minimum Gasteiger partial charge on any atom is -0.545 e. The summed E-state index contributed by atoms with van der Waals surface area (Å²) in [6, 6.07) is 4.29. The molecule has 0 spiro atoms. The number of aromatic nitrogens is 3. The number of aryl methyl sites for hydroxylation is 1. The topological polar surface area (TPSA) is 81.8 Å². The highest BCUT2D eigenvalue weighted by atomic mass is 35.5. The molecule has 0 bridgehead atoms. The number of rotatable bonds is 2. The lowest BCUT2D eigenvalue weighted by Gasteiger charge is -2.06. The molecule has 3 rings (SSSR count). The van der Waals surface area contributed by atoms with E-state index >= 15 is 0 Å². The van der Waals surface area contributed by atoms with Crippen molar-refractivity contribution >= 4 is 17.6 Å². The van der Waals surface area contributed by atoms with Crippen LogP contribution in [0, 0.1) is 0 Å². The third kappa shape index (κ3) is 1.84. The summed E-state index contributed by atoms with van der Waals surface area (Å²) < 4.78 is 2.95. The second kappa shape index (κ2) is 4.24. The average molecular weight is 280 g/mol. The van der Waals surface area contributed by atoms with Gasteiger partial charge in [-0.15, -0.1) is 0 Å². The summed E-state index contributed by atoms with van der Waals surface area (Å²) in [5.41, 5.74) is 0.535. The number of carbonyl (C=O) groups is 1. The van der Waals surface area contributed by atoms with Crippen LogP contribution in [0.4, 0.5) is 0 Å². The Balaban J connectivity index is 2.23. The molecule has 98 valence electrons. The van der Waals surface area contributed by atoms with E-state index in [-0.39, 0.29) is 21.8 Å². The largest absolute Gasteiger partial charge is 0.545 e. The van der Waals surface area contributed by atoms with E-state index in [1.165, 1.54) is 22.9 Å². The van der Waals surface area contributed by atoms with Crippen LogP contribution in [0.2, 0.25) is 5.02 Å². The Morgan fingerprint density at radius 3 is 2.95 bits per heavy atom. The number of carbonyl (C=O) groups excluding carboxylic acids is 1. The van der Waals surface area contributed by atoms with E-state index in [9.17, 15) is 14.7 Å². The van der Waals surface area contributed by atoms with Gasteiger partial charge in [0.2, 0.25) is 5.69 Å². The Morgan fingerprint density at radius 2 is 2.26 bits per heavy atom. The maximum Gasteiger partial charge on any atom is 0.401 e. The van der Waals surface area contributed by atoms with Crippen molar-refractivity contribution in [3.63, 3.8) is 0 Å². The maximum atomic E-state index is 12.2. The zero-order chi connectivity index (χ0) is 13.6. The van der Waals surface area contributed by atoms with Crippen LogP contribution in [0.5, 0.6) is 0 Å². The molecule has 1 aromatic heterocycles. The quantitative estimate of drug-likeness (QED) is 0.747. The van der Waals surface area contributed by atoms with Gasteiger partial charge in [0.1, 0.15) is 6.54 Å². The Labute approximate surface area is 112 Å². The number of hydrogen-bond acceptors (Lipinski definition) is 3. The molecule has 0 atom stereocenters. The standard InChI is InChI=1S/C12H10ClN3O3/c13-7-3-4-9(8(6-7)12(18)19)16-11(17)10-2-1-5-15(10)14-16/h3-4,6H,1-2,5H2,(H-,14,17,18,19). The number of hydrogen-bond donors (Lipinski definition) is 1. The van der Waals surface area contributed by atoms with Gasteiger partial charge in [0.05, 0.1) is 5.97 Å². The fourth-order valence-corrected chi connectivity index (χ4v) is 2.50. The van der Waals surface area contributed by atoms with Crippen LogP contribution in [0.1, 0.15) is 22.5 Å². The monoisotopic (exact) mass is 279 g/mol. The van der Waals surface area contributed by atoms with Crippen LogP contribution >= 0.6 is 11.6 Å². The number of fused-ring (bicyclic) bond motifs is 1. The normalized spacial score (nSPS) is 13.5. The van der Waals surface area contributed by atoms with Crippen molar-refractivity contribution < 1.29 is 14.6 Å². The second-order valence-corrected chi connectivity index (χ2v) is 4.83. The van der Waals surface area contributed by atoms with Gasteiger partial charge < -0.3 is 9.90 Å². The fraction of sp³-hybridized carbons (Fsp3) is 0.250. The summed E-state index contributed by atoms with van der Waals surface area (Å²) in [5.74, 6) is -1.37. The number of nitrogens with zero attached hydrogens (tertiary/aromatic N) is 2. The van der Waals surface area contributed by atoms with Crippen molar-refractivity contribution in [1.29, 1.82) is 0 Å². The lowest BCUT2D eigenvalue weighted by molar-refractivity contribution is -0.749. The van der Waals surface area contributed by atoms with Crippen molar-refractivity contribution in [3.8, 4) is 5.69 Å². The van der Waals surface area contributed by atoms with E-state index in [4.69, 9.17) is 11.6 Å². The summed E-state index contributed by atoms with van der Waals surface area (Å²) in [4.78, 5) is 23.3. The van der Waals surface area contributed by atoms with Crippen LogP contribution in [-0.4, -0.2) is 15.9 Å². The molecule has 19 heavy (non-hydrogen) atoms. The van der Waals surface area contributed by atoms with Gasteiger partial charge in [-0.1, -0.05) is 21.5 Å². The highest BCUT2D eigenvalue weighted by molar-refractivity contribution is 6.31. The SMILES string of the molecule is O=C([O-])c1cc(Cl)ccc1-n1[nH][n+]2c(c1=O)CCC2. The second-order valence-electron chi connectivity index (χ2n) is 4.39. The molecule has 2 heterocycles. The first-order valence-corrected chi connectivity index (χ1v) is 6.21. The van der Waals surface area contributed by atoms with Gasteiger partial charge in [0.25, 0.3) is 0 Å². The van der Waals surface area contributed by atoms with E-state index in [2.05, 4.69) is 5.21 Å². The van der Waals surface area contributed by atoms with Gasteiger partial charge in [-0.2, -0.15) is 4.68 Å². The van der Waals surface area contributed by atoms with Crippen molar-refractivity contribution in [2.45, 2.75) is 19.4 Å². The van der Waals surface area contributed by atoms with Gasteiger partial charge in [-0.25, -0.2) is 4.79 Å². The predicted molar refractivity (Wildman–Crippen MR) is 64.2 cm³/mol. The Bertz CT molecular complexity index is 732. The number of halogens is 1. The molecule has 1 aliphatic heterocycles. The molecule has 1 aliphatic rings. The summed E-state index contributed by atoms with van der Waals surface area (Å²) in [7, 11) is 0. The van der Waals surface area contributed by atoms with Crippen LogP contribution < -0.4 is 15.3 Å². The molecule has 0 fully saturated rings. The predicted octanol–water partition coefficient (Wildman–Crippen LogP) is -0.584. The van der Waals surface area contributed by atoms with E-state index in [0.717, 1.165) is 13.0 Å². The van der Waals surface area contributed by atoms with Crippen LogP contribution in [0.3, 0.4) is 0 Å². The van der Waals surface area contributed by atoms with Gasteiger partial charge >= 0.3 is 5.56 Å². The lowest BCUT2D eigenvalue weighted by Crippen LogP contribution is -2.35. The van der Waals surface area contributed by atoms with E-state index in [0.29, 0.717) is 12.1 Å². The van der Waals surface area contributed by atoms with Crippen LogP contribution in [-0.2, 0) is 13.0 Å². The first kappa shape index (κ1) is 12.0. The minimum atomic E-state index is -1.37. The Hall–Kier alpha value is -2.08. The molecule has 0 amide bonds. The molecule has 7 heteroatoms. The molecule has 6 nitrogen and oxygen atoms in total. The Morgan fingerprint density at radius 1 is 1.47 bits per heavy atom. The van der Waals surface area contributed by atoms with Crippen LogP contribution in [0.25, 0.3) is 5.69 Å². The molecule has 1 aromatic carbocycles. The average Bonchev–Trinajstić information content (AvgIpc) is 2.93. The van der Waals surface area contributed by atoms with E-state index in [1.807, 2.05) is 0 Å². The zero-order valence-corrected chi connectivity index (χ0v) is 10.6. The third-order valence-electron chi connectivity index (χ3n) is 3.21. The summed E-state index contributed by atoms with van der Waals surface area (Å²) >= 11 is 5.77. The lowest BCUT2D eigenvalue weighted by atomic mass is 10.2. The van der Waals surface area contributed by atoms with Gasteiger partial charge in [0.15, 0.2) is 5.69 Å².